The van der Waals surface area contributed by atoms with Crippen LogP contribution in [0.25, 0.3) is 0 Å². The highest BCUT2D eigenvalue weighted by atomic mass is 15.2. The lowest BCUT2D eigenvalue weighted by molar-refractivity contribution is 0.110. The first-order chi connectivity index (χ1) is 8.15. The minimum atomic E-state index is 0.680. The Morgan fingerprint density at radius 1 is 1.18 bits per heavy atom. The molecule has 0 unspecified atom stereocenters. The summed E-state index contributed by atoms with van der Waals surface area (Å²) in [4.78, 5) is 5.29. The smallest absolute Gasteiger partial charge is 0.0167 e. The fourth-order valence-corrected chi connectivity index (χ4v) is 3.20. The summed E-state index contributed by atoms with van der Waals surface area (Å²) in [6, 6.07) is 1.41. The maximum atomic E-state index is 3.52. The fraction of sp³-hybridized carbons (Fsp3) is 1.00. The number of nitrogens with one attached hydrogen (secondary N) is 1. The van der Waals surface area contributed by atoms with E-state index in [1.165, 1.54) is 52.1 Å². The number of hydrogen-bond donors (Lipinski definition) is 1. The van der Waals surface area contributed by atoms with Crippen LogP contribution in [0.3, 0.4) is 0 Å². The molecule has 2 rings (SSSR count). The predicted molar refractivity (Wildman–Crippen MR) is 73.3 cm³/mol. The van der Waals surface area contributed by atoms with Crippen molar-refractivity contribution in [2.24, 2.45) is 5.92 Å². The van der Waals surface area contributed by atoms with Crippen LogP contribution in [0.15, 0.2) is 0 Å². The summed E-state index contributed by atoms with van der Waals surface area (Å²) in [6.45, 7) is 14.5. The van der Waals surface area contributed by atoms with Gasteiger partial charge < -0.3 is 15.1 Å². The molecule has 2 saturated heterocycles. The van der Waals surface area contributed by atoms with E-state index in [0.29, 0.717) is 6.04 Å². The van der Waals surface area contributed by atoms with Gasteiger partial charge in [0, 0.05) is 38.3 Å². The molecule has 0 spiro atoms. The molecule has 2 fully saturated rings. The quantitative estimate of drug-likeness (QED) is 0.803. The number of rotatable bonds is 3. The zero-order valence-corrected chi connectivity index (χ0v) is 11.8. The molecule has 0 aromatic carbocycles. The molecule has 0 amide bonds. The van der Waals surface area contributed by atoms with E-state index >= 15 is 0 Å². The third-order valence-electron chi connectivity index (χ3n) is 4.35. The van der Waals surface area contributed by atoms with Crippen molar-refractivity contribution in [3.05, 3.63) is 0 Å². The van der Waals surface area contributed by atoms with Gasteiger partial charge in [0.15, 0.2) is 0 Å². The highest BCUT2D eigenvalue weighted by molar-refractivity contribution is 4.80. The van der Waals surface area contributed by atoms with Gasteiger partial charge in [-0.15, -0.1) is 0 Å². The van der Waals surface area contributed by atoms with E-state index in [1.807, 2.05) is 0 Å². The molecular formula is C14H29N3. The lowest BCUT2D eigenvalue weighted by Crippen LogP contribution is -2.51. The van der Waals surface area contributed by atoms with E-state index in [0.717, 1.165) is 12.0 Å². The van der Waals surface area contributed by atoms with E-state index in [1.54, 1.807) is 0 Å². The van der Waals surface area contributed by atoms with Gasteiger partial charge in [0.2, 0.25) is 0 Å². The highest BCUT2D eigenvalue weighted by Gasteiger charge is 2.24. The summed E-state index contributed by atoms with van der Waals surface area (Å²) in [5, 5.41) is 3.52. The molecule has 0 aromatic rings. The molecule has 0 bridgehead atoms. The molecule has 17 heavy (non-hydrogen) atoms. The summed E-state index contributed by atoms with van der Waals surface area (Å²) in [5.74, 6) is 0.940. The standard InChI is InChI=1S/C14H29N3/c1-12(2)17-7-4-14(5-8-17)11-16-9-6-15-13(3)10-16/h12-15H,4-11H2,1-3H3/t13-/m1/s1. The SMILES string of the molecule is CC(C)N1CCC(CN2CCN[C@H](C)C2)CC1. The van der Waals surface area contributed by atoms with Crippen molar-refractivity contribution in [2.45, 2.75) is 45.7 Å². The molecule has 2 heterocycles. The van der Waals surface area contributed by atoms with Crippen molar-refractivity contribution in [2.75, 3.05) is 39.3 Å². The van der Waals surface area contributed by atoms with Gasteiger partial charge in [0.05, 0.1) is 0 Å². The van der Waals surface area contributed by atoms with Crippen molar-refractivity contribution >= 4 is 0 Å². The molecule has 0 aromatic heterocycles. The Morgan fingerprint density at radius 2 is 1.88 bits per heavy atom. The van der Waals surface area contributed by atoms with Gasteiger partial charge in [-0.1, -0.05) is 0 Å². The van der Waals surface area contributed by atoms with Gasteiger partial charge in [0.25, 0.3) is 0 Å². The molecule has 2 aliphatic heterocycles. The number of piperidine rings is 1. The third-order valence-corrected chi connectivity index (χ3v) is 4.35. The van der Waals surface area contributed by atoms with Gasteiger partial charge in [0.1, 0.15) is 0 Å². The lowest BCUT2D eigenvalue weighted by atomic mass is 9.95. The minimum Gasteiger partial charge on any atom is -0.312 e. The zero-order valence-electron chi connectivity index (χ0n) is 11.8. The monoisotopic (exact) mass is 239 g/mol. The molecule has 0 radical (unpaired) electrons. The second-order valence-electron chi connectivity index (χ2n) is 6.19. The van der Waals surface area contributed by atoms with Crippen molar-refractivity contribution in [3.63, 3.8) is 0 Å². The van der Waals surface area contributed by atoms with Crippen LogP contribution in [-0.2, 0) is 0 Å². The van der Waals surface area contributed by atoms with Gasteiger partial charge in [-0.25, -0.2) is 0 Å². The molecule has 3 heteroatoms. The Hall–Kier alpha value is -0.120. The van der Waals surface area contributed by atoms with Crippen LogP contribution in [0, 0.1) is 5.92 Å². The van der Waals surface area contributed by atoms with Gasteiger partial charge in [-0.3, -0.25) is 0 Å². The molecular weight excluding hydrogens is 210 g/mol. The summed E-state index contributed by atoms with van der Waals surface area (Å²) in [6.07, 6.45) is 2.80. The van der Waals surface area contributed by atoms with E-state index < -0.39 is 0 Å². The van der Waals surface area contributed by atoms with Crippen LogP contribution in [0.2, 0.25) is 0 Å². The summed E-state index contributed by atoms with van der Waals surface area (Å²) in [5.41, 5.74) is 0. The zero-order chi connectivity index (χ0) is 12.3. The fourth-order valence-electron chi connectivity index (χ4n) is 3.20. The Balaban J connectivity index is 1.70. The first-order valence-corrected chi connectivity index (χ1v) is 7.35. The van der Waals surface area contributed by atoms with Crippen molar-refractivity contribution in [1.82, 2.24) is 15.1 Å². The Labute approximate surface area is 107 Å². The van der Waals surface area contributed by atoms with Crippen molar-refractivity contribution in [1.29, 1.82) is 0 Å². The second kappa shape index (κ2) is 6.17. The minimum absolute atomic E-state index is 0.680. The highest BCUT2D eigenvalue weighted by Crippen LogP contribution is 2.20. The average Bonchev–Trinajstić information content (AvgIpc) is 2.29. The van der Waals surface area contributed by atoms with Gasteiger partial charge in [-0.2, -0.15) is 0 Å². The largest absolute Gasteiger partial charge is 0.312 e. The Bertz CT molecular complexity index is 222. The van der Waals surface area contributed by atoms with Crippen LogP contribution in [0.4, 0.5) is 0 Å². The van der Waals surface area contributed by atoms with E-state index in [2.05, 4.69) is 35.9 Å². The maximum absolute atomic E-state index is 3.52. The van der Waals surface area contributed by atoms with E-state index in [4.69, 9.17) is 0 Å². The van der Waals surface area contributed by atoms with Gasteiger partial charge in [-0.05, 0) is 52.6 Å². The van der Waals surface area contributed by atoms with Crippen molar-refractivity contribution < 1.29 is 0 Å². The normalized spacial score (nSPS) is 30.0. The summed E-state index contributed by atoms with van der Waals surface area (Å²) in [7, 11) is 0. The van der Waals surface area contributed by atoms with E-state index in [9.17, 15) is 0 Å². The molecule has 100 valence electrons. The van der Waals surface area contributed by atoms with E-state index in [-0.39, 0.29) is 0 Å². The molecule has 0 aliphatic carbocycles. The number of nitrogens with zero attached hydrogens (tertiary/aromatic N) is 2. The maximum Gasteiger partial charge on any atom is 0.0167 e. The van der Waals surface area contributed by atoms with Crippen molar-refractivity contribution in [3.8, 4) is 0 Å². The summed E-state index contributed by atoms with van der Waals surface area (Å²) < 4.78 is 0. The molecule has 1 atom stereocenters. The number of hydrogen-bond acceptors (Lipinski definition) is 3. The topological polar surface area (TPSA) is 18.5 Å². The first-order valence-electron chi connectivity index (χ1n) is 7.35. The average molecular weight is 239 g/mol. The third kappa shape index (κ3) is 3.94. The van der Waals surface area contributed by atoms with Crippen LogP contribution in [0.1, 0.15) is 33.6 Å². The predicted octanol–water partition coefficient (Wildman–Crippen LogP) is 1.40. The first kappa shape index (κ1) is 13.3. The molecule has 0 saturated carbocycles. The van der Waals surface area contributed by atoms with Crippen LogP contribution >= 0.6 is 0 Å². The van der Waals surface area contributed by atoms with Crippen LogP contribution in [0.5, 0.6) is 0 Å². The Kier molecular flexibility index (Phi) is 4.83. The number of likely N-dealkylation sites (tertiary alicyclic amines) is 1. The molecule has 1 N–H and O–H groups in total. The Morgan fingerprint density at radius 3 is 2.47 bits per heavy atom. The van der Waals surface area contributed by atoms with Gasteiger partial charge >= 0.3 is 0 Å². The van der Waals surface area contributed by atoms with Crippen LogP contribution < -0.4 is 5.32 Å². The second-order valence-corrected chi connectivity index (χ2v) is 6.19. The molecule has 2 aliphatic rings. The van der Waals surface area contributed by atoms with Crippen LogP contribution in [-0.4, -0.2) is 61.2 Å². The lowest BCUT2D eigenvalue weighted by Gasteiger charge is -2.39. The number of piperazine rings is 1. The summed E-state index contributed by atoms with van der Waals surface area (Å²) >= 11 is 0. The molecule has 3 nitrogen and oxygen atoms in total.